The third-order valence-corrected chi connectivity index (χ3v) is 3.64. The zero-order valence-corrected chi connectivity index (χ0v) is 12.4. The molecule has 0 radical (unpaired) electrons. The van der Waals surface area contributed by atoms with E-state index < -0.39 is 0 Å². The van der Waals surface area contributed by atoms with Gasteiger partial charge in [0.05, 0.1) is 11.3 Å². The highest BCUT2D eigenvalue weighted by Crippen LogP contribution is 2.20. The third kappa shape index (κ3) is 3.10. The Labute approximate surface area is 119 Å². The first-order chi connectivity index (χ1) is 9.01. The molecule has 1 aromatic heterocycles. The monoisotopic (exact) mass is 324 g/mol. The van der Waals surface area contributed by atoms with E-state index in [1.54, 1.807) is 24.0 Å². The maximum atomic E-state index is 13.0. The molecule has 1 aromatic carbocycles. The SMILES string of the molecule is CCc1nn(C)cc1C(=O)Cc1ccc(F)cc1Br. The number of aryl methyl sites for hydroxylation is 2. The molecule has 0 saturated carbocycles. The molecule has 0 aliphatic heterocycles. The fourth-order valence-corrected chi connectivity index (χ4v) is 2.45. The summed E-state index contributed by atoms with van der Waals surface area (Å²) in [4.78, 5) is 12.3. The van der Waals surface area contributed by atoms with E-state index in [1.165, 1.54) is 12.1 Å². The fraction of sp³-hybridized carbons (Fsp3) is 0.286. The number of hydrogen-bond donors (Lipinski definition) is 0. The van der Waals surface area contributed by atoms with Gasteiger partial charge in [-0.15, -0.1) is 0 Å². The molecule has 0 aliphatic rings. The smallest absolute Gasteiger partial charge is 0.170 e. The van der Waals surface area contributed by atoms with Gasteiger partial charge >= 0.3 is 0 Å². The molecule has 0 aliphatic carbocycles. The lowest BCUT2D eigenvalue weighted by Crippen LogP contribution is -2.06. The maximum absolute atomic E-state index is 13.0. The van der Waals surface area contributed by atoms with Gasteiger partial charge in [0, 0.05) is 24.1 Å². The number of Topliss-reactive ketones (excluding diaryl/α,β-unsaturated/α-hetero) is 1. The van der Waals surface area contributed by atoms with E-state index >= 15 is 0 Å². The standard InChI is InChI=1S/C14H14BrFN2O/c1-3-13-11(8-18(2)17-13)14(19)6-9-4-5-10(16)7-12(9)15/h4-5,7-8H,3,6H2,1-2H3. The Hall–Kier alpha value is -1.49. The van der Waals surface area contributed by atoms with Crippen LogP contribution in [0.4, 0.5) is 4.39 Å². The molecular weight excluding hydrogens is 311 g/mol. The molecule has 100 valence electrons. The zero-order valence-electron chi connectivity index (χ0n) is 10.8. The van der Waals surface area contributed by atoms with Crippen LogP contribution in [0.3, 0.4) is 0 Å². The Bertz CT molecular complexity index is 622. The maximum Gasteiger partial charge on any atom is 0.170 e. The van der Waals surface area contributed by atoms with Crippen molar-refractivity contribution in [2.24, 2.45) is 7.05 Å². The number of benzene rings is 1. The lowest BCUT2D eigenvalue weighted by Gasteiger charge is -2.04. The minimum atomic E-state index is -0.321. The van der Waals surface area contributed by atoms with Crippen molar-refractivity contribution in [3.63, 3.8) is 0 Å². The summed E-state index contributed by atoms with van der Waals surface area (Å²) in [5.74, 6) is -0.323. The van der Waals surface area contributed by atoms with E-state index in [-0.39, 0.29) is 18.0 Å². The van der Waals surface area contributed by atoms with Gasteiger partial charge in [0.1, 0.15) is 5.82 Å². The van der Waals surface area contributed by atoms with E-state index in [0.717, 1.165) is 11.3 Å². The number of carbonyl (C=O) groups is 1. The lowest BCUT2D eigenvalue weighted by atomic mass is 10.0. The van der Waals surface area contributed by atoms with Crippen molar-refractivity contribution in [2.45, 2.75) is 19.8 Å². The van der Waals surface area contributed by atoms with E-state index in [1.807, 2.05) is 6.92 Å². The lowest BCUT2D eigenvalue weighted by molar-refractivity contribution is 0.0992. The van der Waals surface area contributed by atoms with Gasteiger partial charge in [-0.05, 0) is 24.1 Å². The Morgan fingerprint density at radius 3 is 2.84 bits per heavy atom. The molecule has 0 N–H and O–H groups in total. The van der Waals surface area contributed by atoms with E-state index in [4.69, 9.17) is 0 Å². The van der Waals surface area contributed by atoms with Crippen LogP contribution in [0.25, 0.3) is 0 Å². The average Bonchev–Trinajstić information content (AvgIpc) is 2.74. The highest BCUT2D eigenvalue weighted by atomic mass is 79.9. The number of aromatic nitrogens is 2. The molecule has 0 atom stereocenters. The summed E-state index contributed by atoms with van der Waals surface area (Å²) in [5, 5.41) is 4.25. The summed E-state index contributed by atoms with van der Waals surface area (Å²) < 4.78 is 15.3. The van der Waals surface area contributed by atoms with Crippen molar-refractivity contribution < 1.29 is 9.18 Å². The number of carbonyl (C=O) groups excluding carboxylic acids is 1. The summed E-state index contributed by atoms with van der Waals surface area (Å²) in [6.07, 6.45) is 2.69. The quantitative estimate of drug-likeness (QED) is 0.809. The molecule has 2 aromatic rings. The Balaban J connectivity index is 2.25. The number of halogens is 2. The fourth-order valence-electron chi connectivity index (χ4n) is 1.96. The molecule has 19 heavy (non-hydrogen) atoms. The summed E-state index contributed by atoms with van der Waals surface area (Å²) in [7, 11) is 1.80. The first kappa shape index (κ1) is 13.9. The van der Waals surface area contributed by atoms with Crippen LogP contribution in [0, 0.1) is 5.82 Å². The Morgan fingerprint density at radius 1 is 1.47 bits per heavy atom. The minimum absolute atomic E-state index is 0.00254. The predicted octanol–water partition coefficient (Wildman–Crippen LogP) is 3.31. The molecule has 2 rings (SSSR count). The predicted molar refractivity (Wildman–Crippen MR) is 74.7 cm³/mol. The van der Waals surface area contributed by atoms with Crippen LogP contribution in [0.5, 0.6) is 0 Å². The largest absolute Gasteiger partial charge is 0.294 e. The first-order valence-electron chi connectivity index (χ1n) is 6.01. The van der Waals surface area contributed by atoms with Crippen molar-refractivity contribution in [3.05, 3.63) is 51.5 Å². The summed E-state index contributed by atoms with van der Waals surface area (Å²) >= 11 is 3.28. The van der Waals surface area contributed by atoms with Crippen LogP contribution in [0.2, 0.25) is 0 Å². The molecule has 0 fully saturated rings. The Kier molecular flexibility index (Phi) is 4.14. The van der Waals surface area contributed by atoms with Crippen LogP contribution in [0.1, 0.15) is 28.5 Å². The van der Waals surface area contributed by atoms with Gasteiger partial charge in [0.25, 0.3) is 0 Å². The van der Waals surface area contributed by atoms with Gasteiger partial charge in [0.2, 0.25) is 0 Å². The summed E-state index contributed by atoms with van der Waals surface area (Å²) in [6.45, 7) is 1.97. The first-order valence-corrected chi connectivity index (χ1v) is 6.80. The van der Waals surface area contributed by atoms with Gasteiger partial charge in [0.15, 0.2) is 5.78 Å². The summed E-state index contributed by atoms with van der Waals surface area (Å²) in [5.41, 5.74) is 2.21. The number of ketones is 1. The van der Waals surface area contributed by atoms with Gasteiger partial charge in [-0.3, -0.25) is 9.48 Å². The molecule has 0 saturated heterocycles. The second kappa shape index (κ2) is 5.65. The van der Waals surface area contributed by atoms with E-state index in [0.29, 0.717) is 16.5 Å². The van der Waals surface area contributed by atoms with Crippen molar-refractivity contribution in [1.29, 1.82) is 0 Å². The molecule has 3 nitrogen and oxygen atoms in total. The van der Waals surface area contributed by atoms with E-state index in [2.05, 4.69) is 21.0 Å². The van der Waals surface area contributed by atoms with Crippen molar-refractivity contribution >= 4 is 21.7 Å². The van der Waals surface area contributed by atoms with Crippen molar-refractivity contribution in [1.82, 2.24) is 9.78 Å². The molecule has 0 spiro atoms. The van der Waals surface area contributed by atoms with Crippen LogP contribution < -0.4 is 0 Å². The molecule has 0 bridgehead atoms. The normalized spacial score (nSPS) is 10.7. The van der Waals surface area contributed by atoms with Gasteiger partial charge in [-0.1, -0.05) is 28.9 Å². The highest BCUT2D eigenvalue weighted by Gasteiger charge is 2.16. The molecule has 5 heteroatoms. The molecule has 0 amide bonds. The molecular formula is C14H14BrFN2O. The van der Waals surface area contributed by atoms with Crippen LogP contribution in [-0.4, -0.2) is 15.6 Å². The summed E-state index contributed by atoms with van der Waals surface area (Å²) in [6, 6.07) is 4.35. The van der Waals surface area contributed by atoms with Crippen molar-refractivity contribution in [2.75, 3.05) is 0 Å². The molecule has 1 heterocycles. The van der Waals surface area contributed by atoms with Crippen LogP contribution in [-0.2, 0) is 19.9 Å². The number of nitrogens with zero attached hydrogens (tertiary/aromatic N) is 2. The van der Waals surface area contributed by atoms with Crippen molar-refractivity contribution in [3.8, 4) is 0 Å². The molecule has 0 unspecified atom stereocenters. The van der Waals surface area contributed by atoms with Gasteiger partial charge in [-0.25, -0.2) is 4.39 Å². The van der Waals surface area contributed by atoms with Gasteiger partial charge < -0.3 is 0 Å². The number of rotatable bonds is 4. The van der Waals surface area contributed by atoms with Crippen LogP contribution in [0.15, 0.2) is 28.9 Å². The second-order valence-electron chi connectivity index (χ2n) is 4.35. The third-order valence-electron chi connectivity index (χ3n) is 2.91. The second-order valence-corrected chi connectivity index (χ2v) is 5.21. The van der Waals surface area contributed by atoms with Gasteiger partial charge in [-0.2, -0.15) is 5.10 Å². The number of hydrogen-bond acceptors (Lipinski definition) is 2. The minimum Gasteiger partial charge on any atom is -0.294 e. The van der Waals surface area contributed by atoms with E-state index in [9.17, 15) is 9.18 Å². The average molecular weight is 325 g/mol. The highest BCUT2D eigenvalue weighted by molar-refractivity contribution is 9.10. The van der Waals surface area contributed by atoms with Crippen LogP contribution >= 0.6 is 15.9 Å². The Morgan fingerprint density at radius 2 is 2.21 bits per heavy atom. The topological polar surface area (TPSA) is 34.9 Å². The zero-order chi connectivity index (χ0) is 14.0.